The Balaban J connectivity index is 2.05. The van der Waals surface area contributed by atoms with Crippen molar-refractivity contribution < 1.29 is 13.2 Å². The molecule has 5 nitrogen and oxygen atoms in total. The Hall–Kier alpha value is -0.920. The van der Waals surface area contributed by atoms with Crippen molar-refractivity contribution in [3.05, 3.63) is 34.3 Å². The lowest BCUT2D eigenvalue weighted by atomic mass is 10.1. The van der Waals surface area contributed by atoms with Crippen LogP contribution in [0.25, 0.3) is 0 Å². The number of hydrogen-bond donors (Lipinski definition) is 0. The topological polar surface area (TPSA) is 57.7 Å². The van der Waals surface area contributed by atoms with E-state index in [4.69, 9.17) is 0 Å². The van der Waals surface area contributed by atoms with Crippen LogP contribution < -0.4 is 0 Å². The van der Waals surface area contributed by atoms with Crippen molar-refractivity contribution in [2.24, 2.45) is 0 Å². The summed E-state index contributed by atoms with van der Waals surface area (Å²) in [5.74, 6) is 0.285. The standard InChI is InChI=1S/C18H27BrN2O3S/c1-4-14(2)21(16-9-10-25(23,24)13-16)18(22)12-20(3)11-15-7-5-6-8-17(15)19/h5-8,14,16H,4,9-13H2,1-3H3/t14-,16+/m1/s1. The quantitative estimate of drug-likeness (QED) is 0.666. The largest absolute Gasteiger partial charge is 0.335 e. The number of carbonyl (C=O) groups excluding carboxylic acids is 1. The number of hydrogen-bond acceptors (Lipinski definition) is 4. The monoisotopic (exact) mass is 430 g/mol. The third-order valence-corrected chi connectivity index (χ3v) is 7.28. The Labute approximate surface area is 159 Å². The highest BCUT2D eigenvalue weighted by Gasteiger charge is 2.36. The first-order valence-corrected chi connectivity index (χ1v) is 11.3. The molecule has 1 aliphatic rings. The van der Waals surface area contributed by atoms with Gasteiger partial charge >= 0.3 is 0 Å². The van der Waals surface area contributed by atoms with E-state index in [0.717, 1.165) is 16.5 Å². The molecule has 0 radical (unpaired) electrons. The summed E-state index contributed by atoms with van der Waals surface area (Å²) in [5.41, 5.74) is 1.12. The Morgan fingerprint density at radius 1 is 1.36 bits per heavy atom. The van der Waals surface area contributed by atoms with E-state index in [1.54, 1.807) is 4.90 Å². The van der Waals surface area contributed by atoms with Crippen molar-refractivity contribution >= 4 is 31.7 Å². The van der Waals surface area contributed by atoms with Gasteiger partial charge in [-0.25, -0.2) is 8.42 Å². The van der Waals surface area contributed by atoms with Gasteiger partial charge in [0.15, 0.2) is 9.84 Å². The minimum absolute atomic E-state index is 0.00556. The van der Waals surface area contributed by atoms with Gasteiger partial charge in [0, 0.05) is 23.1 Å². The van der Waals surface area contributed by atoms with Gasteiger partial charge in [0.05, 0.1) is 18.1 Å². The van der Waals surface area contributed by atoms with Crippen LogP contribution in [0.5, 0.6) is 0 Å². The second-order valence-electron chi connectivity index (χ2n) is 6.88. The van der Waals surface area contributed by atoms with Crippen molar-refractivity contribution in [2.45, 2.75) is 45.3 Å². The zero-order valence-corrected chi connectivity index (χ0v) is 17.5. The average Bonchev–Trinajstić information content (AvgIpc) is 2.89. The smallest absolute Gasteiger partial charge is 0.237 e. The summed E-state index contributed by atoms with van der Waals surface area (Å²) in [6, 6.07) is 7.81. The minimum atomic E-state index is -3.01. The maximum atomic E-state index is 12.9. The van der Waals surface area contributed by atoms with Crippen molar-refractivity contribution in [2.75, 3.05) is 25.1 Å². The molecular formula is C18H27BrN2O3S. The molecule has 1 aromatic rings. The summed E-state index contributed by atoms with van der Waals surface area (Å²) in [6.07, 6.45) is 1.36. The molecule has 1 saturated heterocycles. The van der Waals surface area contributed by atoms with Gasteiger partial charge in [-0.15, -0.1) is 0 Å². The molecule has 0 aliphatic carbocycles. The van der Waals surface area contributed by atoms with E-state index >= 15 is 0 Å². The third kappa shape index (κ3) is 5.53. The van der Waals surface area contributed by atoms with Gasteiger partial charge in [-0.1, -0.05) is 41.1 Å². The fraction of sp³-hybridized carbons (Fsp3) is 0.611. The van der Waals surface area contributed by atoms with Gasteiger partial charge in [0.2, 0.25) is 5.91 Å². The lowest BCUT2D eigenvalue weighted by molar-refractivity contribution is -0.136. The van der Waals surface area contributed by atoms with Crippen molar-refractivity contribution in [3.63, 3.8) is 0 Å². The van der Waals surface area contributed by atoms with Gasteiger partial charge < -0.3 is 4.90 Å². The lowest BCUT2D eigenvalue weighted by Crippen LogP contribution is -2.49. The number of amides is 1. The molecule has 1 amide bonds. The van der Waals surface area contributed by atoms with E-state index in [1.165, 1.54) is 0 Å². The Kier molecular flexibility index (Phi) is 7.05. The molecule has 0 unspecified atom stereocenters. The second kappa shape index (κ2) is 8.64. The van der Waals surface area contributed by atoms with Crippen LogP contribution in [-0.4, -0.2) is 61.3 Å². The molecule has 1 aliphatic heterocycles. The summed E-state index contributed by atoms with van der Waals surface area (Å²) >= 11 is 3.53. The zero-order chi connectivity index (χ0) is 18.6. The fourth-order valence-corrected chi connectivity index (χ4v) is 5.41. The lowest BCUT2D eigenvalue weighted by Gasteiger charge is -2.35. The molecule has 0 bridgehead atoms. The molecule has 7 heteroatoms. The van der Waals surface area contributed by atoms with Crippen LogP contribution >= 0.6 is 15.9 Å². The summed E-state index contributed by atoms with van der Waals surface area (Å²) in [6.45, 7) is 4.96. The number of carbonyl (C=O) groups is 1. The van der Waals surface area contributed by atoms with Crippen molar-refractivity contribution in [3.8, 4) is 0 Å². The number of halogens is 1. The maximum absolute atomic E-state index is 12.9. The van der Waals surface area contributed by atoms with E-state index in [0.29, 0.717) is 13.0 Å². The van der Waals surface area contributed by atoms with Crippen molar-refractivity contribution in [1.82, 2.24) is 9.80 Å². The Morgan fingerprint density at radius 2 is 2.04 bits per heavy atom. The normalized spacial score (nSPS) is 20.6. The molecule has 1 heterocycles. The van der Waals surface area contributed by atoms with E-state index in [9.17, 15) is 13.2 Å². The van der Waals surface area contributed by atoms with Crippen LogP contribution in [0.3, 0.4) is 0 Å². The molecular weight excluding hydrogens is 404 g/mol. The van der Waals surface area contributed by atoms with Gasteiger partial charge in [-0.2, -0.15) is 0 Å². The van der Waals surface area contributed by atoms with Gasteiger partial charge in [-0.3, -0.25) is 9.69 Å². The predicted molar refractivity (Wildman–Crippen MR) is 104 cm³/mol. The van der Waals surface area contributed by atoms with Gasteiger partial charge in [0.1, 0.15) is 0 Å². The number of benzene rings is 1. The number of nitrogens with zero attached hydrogens (tertiary/aromatic N) is 2. The average molecular weight is 431 g/mol. The molecule has 0 saturated carbocycles. The third-order valence-electron chi connectivity index (χ3n) is 4.76. The second-order valence-corrected chi connectivity index (χ2v) is 9.96. The molecule has 1 fully saturated rings. The molecule has 140 valence electrons. The molecule has 2 atom stereocenters. The zero-order valence-electron chi connectivity index (χ0n) is 15.1. The first-order valence-electron chi connectivity index (χ1n) is 8.67. The van der Waals surface area contributed by atoms with E-state index in [-0.39, 0.29) is 36.0 Å². The molecule has 2 rings (SSSR count). The molecule has 25 heavy (non-hydrogen) atoms. The summed E-state index contributed by atoms with van der Waals surface area (Å²) in [4.78, 5) is 16.7. The summed E-state index contributed by atoms with van der Waals surface area (Å²) < 4.78 is 24.7. The summed E-state index contributed by atoms with van der Waals surface area (Å²) in [7, 11) is -1.10. The highest BCUT2D eigenvalue weighted by atomic mass is 79.9. The fourth-order valence-electron chi connectivity index (χ4n) is 3.29. The van der Waals surface area contributed by atoms with Crippen LogP contribution in [0.4, 0.5) is 0 Å². The number of rotatable bonds is 7. The highest BCUT2D eigenvalue weighted by molar-refractivity contribution is 9.10. The van der Waals surface area contributed by atoms with E-state index in [1.807, 2.05) is 50.1 Å². The molecule has 0 N–H and O–H groups in total. The van der Waals surface area contributed by atoms with Crippen LogP contribution in [-0.2, 0) is 21.2 Å². The highest BCUT2D eigenvalue weighted by Crippen LogP contribution is 2.22. The molecule has 0 spiro atoms. The minimum Gasteiger partial charge on any atom is -0.335 e. The van der Waals surface area contributed by atoms with Crippen molar-refractivity contribution in [1.29, 1.82) is 0 Å². The van der Waals surface area contributed by atoms with Gasteiger partial charge in [-0.05, 0) is 38.4 Å². The molecule has 1 aromatic carbocycles. The summed E-state index contributed by atoms with van der Waals surface area (Å²) in [5, 5.41) is 0. The molecule has 0 aromatic heterocycles. The maximum Gasteiger partial charge on any atom is 0.237 e. The Morgan fingerprint density at radius 3 is 2.60 bits per heavy atom. The predicted octanol–water partition coefficient (Wildman–Crippen LogP) is 2.70. The first-order chi connectivity index (χ1) is 11.7. The number of likely N-dealkylation sites (N-methyl/N-ethyl adjacent to an activating group) is 1. The van der Waals surface area contributed by atoms with Gasteiger partial charge in [0.25, 0.3) is 0 Å². The SMILES string of the molecule is CC[C@@H](C)N(C(=O)CN(C)Cc1ccccc1Br)[C@H]1CCS(=O)(=O)C1. The van der Waals surface area contributed by atoms with Crippen LogP contribution in [0.2, 0.25) is 0 Å². The number of sulfone groups is 1. The Bertz CT molecular complexity index is 708. The van der Waals surface area contributed by atoms with Crippen LogP contribution in [0.1, 0.15) is 32.3 Å². The van der Waals surface area contributed by atoms with E-state index in [2.05, 4.69) is 15.9 Å². The van der Waals surface area contributed by atoms with Crippen LogP contribution in [0, 0.1) is 0 Å². The van der Waals surface area contributed by atoms with E-state index < -0.39 is 9.84 Å². The van der Waals surface area contributed by atoms with Crippen LogP contribution in [0.15, 0.2) is 28.7 Å². The first kappa shape index (κ1) is 20.4.